The molecule has 0 radical (unpaired) electrons. The monoisotopic (exact) mass is 379 g/mol. The van der Waals surface area contributed by atoms with Gasteiger partial charge in [-0.3, -0.25) is 4.79 Å². The van der Waals surface area contributed by atoms with Gasteiger partial charge in [0.25, 0.3) is 5.91 Å². The maximum Gasteiger partial charge on any atom is 0.284 e. The molecule has 0 heterocycles. The van der Waals surface area contributed by atoms with Crippen molar-refractivity contribution < 1.29 is 14.6 Å². The summed E-state index contributed by atoms with van der Waals surface area (Å²) in [5.74, 6) is -0.807. The SMILES string of the molecule is COc1cc(/C=C/c2ccccc2)c(C(=O)N=C(N)N)c(O)c1CC=C(C)C. The first-order valence-corrected chi connectivity index (χ1v) is 8.76. The first kappa shape index (κ1) is 20.8. The summed E-state index contributed by atoms with van der Waals surface area (Å²) in [6.45, 7) is 3.90. The fraction of sp³-hybridized carbons (Fsp3) is 0.182. The average molecular weight is 379 g/mol. The number of guanidine groups is 1. The summed E-state index contributed by atoms with van der Waals surface area (Å²) in [6.07, 6.45) is 5.89. The highest BCUT2D eigenvalue weighted by Crippen LogP contribution is 2.36. The van der Waals surface area contributed by atoms with E-state index in [0.29, 0.717) is 23.3 Å². The van der Waals surface area contributed by atoms with E-state index in [1.54, 1.807) is 12.1 Å². The number of nitrogens with two attached hydrogens (primary N) is 2. The number of carbonyl (C=O) groups excluding carboxylic acids is 1. The Kier molecular flexibility index (Phi) is 6.98. The van der Waals surface area contributed by atoms with Gasteiger partial charge in [0, 0.05) is 5.56 Å². The Balaban J connectivity index is 2.66. The third-order valence-corrected chi connectivity index (χ3v) is 4.03. The molecule has 146 valence electrons. The van der Waals surface area contributed by atoms with Crippen LogP contribution in [-0.2, 0) is 6.42 Å². The first-order chi connectivity index (χ1) is 13.3. The molecule has 5 N–H and O–H groups in total. The second-order valence-electron chi connectivity index (χ2n) is 6.44. The predicted molar refractivity (Wildman–Crippen MR) is 113 cm³/mol. The average Bonchev–Trinajstić information content (AvgIpc) is 2.64. The third kappa shape index (κ3) is 5.23. The molecule has 0 unspecified atom stereocenters. The molecule has 0 aromatic heterocycles. The van der Waals surface area contributed by atoms with Gasteiger partial charge in [-0.1, -0.05) is 54.1 Å². The Morgan fingerprint density at radius 1 is 1.18 bits per heavy atom. The van der Waals surface area contributed by atoms with Gasteiger partial charge in [-0.15, -0.1) is 0 Å². The number of allylic oxidation sites excluding steroid dienone is 2. The minimum Gasteiger partial charge on any atom is -0.507 e. The number of carbonyl (C=O) groups is 1. The number of amides is 1. The van der Waals surface area contributed by atoms with Crippen LogP contribution >= 0.6 is 0 Å². The number of benzene rings is 2. The van der Waals surface area contributed by atoms with Gasteiger partial charge in [0.15, 0.2) is 5.96 Å². The zero-order valence-electron chi connectivity index (χ0n) is 16.3. The van der Waals surface area contributed by atoms with Crippen LogP contribution in [0, 0.1) is 0 Å². The van der Waals surface area contributed by atoms with Crippen molar-refractivity contribution in [3.63, 3.8) is 0 Å². The number of phenolic OH excluding ortho intramolecular Hbond substituents is 1. The molecule has 0 atom stereocenters. The first-order valence-electron chi connectivity index (χ1n) is 8.76. The quantitative estimate of drug-likeness (QED) is 0.308. The lowest BCUT2D eigenvalue weighted by Gasteiger charge is -2.15. The van der Waals surface area contributed by atoms with Crippen molar-refractivity contribution in [1.29, 1.82) is 0 Å². The Morgan fingerprint density at radius 2 is 1.86 bits per heavy atom. The zero-order valence-corrected chi connectivity index (χ0v) is 16.3. The maximum atomic E-state index is 12.6. The molecule has 6 nitrogen and oxygen atoms in total. The lowest BCUT2D eigenvalue weighted by molar-refractivity contribution is 0.0999. The smallest absolute Gasteiger partial charge is 0.284 e. The fourth-order valence-corrected chi connectivity index (χ4v) is 2.67. The Morgan fingerprint density at radius 3 is 2.43 bits per heavy atom. The Labute approximate surface area is 164 Å². The van der Waals surface area contributed by atoms with E-state index < -0.39 is 5.91 Å². The van der Waals surface area contributed by atoms with Crippen LogP contribution in [0.2, 0.25) is 0 Å². The molecule has 28 heavy (non-hydrogen) atoms. The van der Waals surface area contributed by atoms with E-state index in [2.05, 4.69) is 4.99 Å². The Hall–Kier alpha value is -3.54. The van der Waals surface area contributed by atoms with Gasteiger partial charge in [0.1, 0.15) is 11.5 Å². The molecule has 0 aliphatic rings. The number of methoxy groups -OCH3 is 1. The summed E-state index contributed by atoms with van der Waals surface area (Å²) in [4.78, 5) is 16.2. The number of ether oxygens (including phenoxy) is 1. The molecule has 0 aliphatic heterocycles. The summed E-state index contributed by atoms with van der Waals surface area (Å²) < 4.78 is 5.45. The van der Waals surface area contributed by atoms with Crippen LogP contribution in [-0.4, -0.2) is 24.1 Å². The number of nitrogens with zero attached hydrogens (tertiary/aromatic N) is 1. The number of aliphatic imine (C=N–C) groups is 1. The van der Waals surface area contributed by atoms with E-state index in [-0.39, 0.29) is 17.3 Å². The second-order valence-corrected chi connectivity index (χ2v) is 6.44. The van der Waals surface area contributed by atoms with Crippen molar-refractivity contribution in [2.75, 3.05) is 7.11 Å². The number of hydrogen-bond donors (Lipinski definition) is 3. The van der Waals surface area contributed by atoms with E-state index in [1.807, 2.05) is 56.3 Å². The number of phenols is 1. The molecular formula is C22H25N3O3. The number of rotatable bonds is 6. The van der Waals surface area contributed by atoms with Crippen LogP contribution in [0.4, 0.5) is 0 Å². The molecule has 2 aromatic rings. The van der Waals surface area contributed by atoms with Crippen molar-refractivity contribution in [3.05, 3.63) is 70.3 Å². The van der Waals surface area contributed by atoms with Gasteiger partial charge in [0.2, 0.25) is 0 Å². The maximum absolute atomic E-state index is 12.6. The third-order valence-electron chi connectivity index (χ3n) is 4.03. The van der Waals surface area contributed by atoms with E-state index >= 15 is 0 Å². The minimum atomic E-state index is -0.716. The molecule has 0 fully saturated rings. The molecule has 6 heteroatoms. The minimum absolute atomic E-state index is 0.0264. The highest BCUT2D eigenvalue weighted by atomic mass is 16.5. The molecule has 2 aromatic carbocycles. The standard InChI is InChI=1S/C22H25N3O3/c1-14(2)9-12-17-18(28-3)13-16(11-10-15-7-5-4-6-8-15)19(20(17)26)21(27)25-22(23)24/h4-11,13,26H,12H2,1-3H3,(H4,23,24,25,27)/b11-10+. The highest BCUT2D eigenvalue weighted by molar-refractivity contribution is 6.07. The van der Waals surface area contributed by atoms with Crippen LogP contribution < -0.4 is 16.2 Å². The number of aromatic hydroxyl groups is 1. The van der Waals surface area contributed by atoms with Crippen LogP contribution in [0.3, 0.4) is 0 Å². The van der Waals surface area contributed by atoms with Gasteiger partial charge in [0.05, 0.1) is 12.7 Å². The van der Waals surface area contributed by atoms with Gasteiger partial charge in [-0.2, -0.15) is 4.99 Å². The van der Waals surface area contributed by atoms with E-state index in [9.17, 15) is 9.90 Å². The molecular weight excluding hydrogens is 354 g/mol. The molecule has 2 rings (SSSR count). The van der Waals surface area contributed by atoms with Crippen molar-refractivity contribution in [2.45, 2.75) is 20.3 Å². The van der Waals surface area contributed by atoms with Gasteiger partial charge >= 0.3 is 0 Å². The summed E-state index contributed by atoms with van der Waals surface area (Å²) >= 11 is 0. The van der Waals surface area contributed by atoms with E-state index in [1.165, 1.54) is 7.11 Å². The fourth-order valence-electron chi connectivity index (χ4n) is 2.67. The van der Waals surface area contributed by atoms with Crippen molar-refractivity contribution in [2.24, 2.45) is 16.5 Å². The highest BCUT2D eigenvalue weighted by Gasteiger charge is 2.22. The van der Waals surface area contributed by atoms with Gasteiger partial charge in [-0.05, 0) is 37.5 Å². The summed E-state index contributed by atoms with van der Waals surface area (Å²) in [7, 11) is 1.52. The van der Waals surface area contributed by atoms with Gasteiger partial charge < -0.3 is 21.3 Å². The van der Waals surface area contributed by atoms with Crippen LogP contribution in [0.1, 0.15) is 40.9 Å². The molecule has 0 bridgehead atoms. The zero-order chi connectivity index (χ0) is 20.7. The largest absolute Gasteiger partial charge is 0.507 e. The lowest BCUT2D eigenvalue weighted by Crippen LogP contribution is -2.24. The van der Waals surface area contributed by atoms with Crippen molar-refractivity contribution in [1.82, 2.24) is 0 Å². The van der Waals surface area contributed by atoms with Crippen LogP contribution in [0.15, 0.2) is 53.0 Å². The summed E-state index contributed by atoms with van der Waals surface area (Å²) in [5.41, 5.74) is 13.7. The van der Waals surface area contributed by atoms with E-state index in [0.717, 1.165) is 11.1 Å². The van der Waals surface area contributed by atoms with Gasteiger partial charge in [-0.25, -0.2) is 0 Å². The molecule has 0 spiro atoms. The topological polar surface area (TPSA) is 111 Å². The number of hydrogen-bond acceptors (Lipinski definition) is 3. The molecule has 0 saturated heterocycles. The molecule has 0 aliphatic carbocycles. The Bertz CT molecular complexity index is 937. The second kappa shape index (κ2) is 9.41. The van der Waals surface area contributed by atoms with Crippen LogP contribution in [0.5, 0.6) is 11.5 Å². The van der Waals surface area contributed by atoms with Crippen LogP contribution in [0.25, 0.3) is 12.2 Å². The lowest BCUT2D eigenvalue weighted by atomic mass is 9.97. The van der Waals surface area contributed by atoms with E-state index in [4.69, 9.17) is 16.2 Å². The predicted octanol–water partition coefficient (Wildman–Crippen LogP) is 3.49. The molecule has 1 amide bonds. The van der Waals surface area contributed by atoms with Crippen molar-refractivity contribution in [3.8, 4) is 11.5 Å². The van der Waals surface area contributed by atoms with Crippen molar-refractivity contribution >= 4 is 24.0 Å². The molecule has 0 saturated carbocycles. The summed E-state index contributed by atoms with van der Waals surface area (Å²) in [5, 5.41) is 10.9. The normalized spacial score (nSPS) is 10.5. The summed E-state index contributed by atoms with van der Waals surface area (Å²) in [6, 6.07) is 11.3.